The number of aliphatic carboxylic acids is 1. The lowest BCUT2D eigenvalue weighted by molar-refractivity contribution is -0.149. The van der Waals surface area contributed by atoms with Crippen molar-refractivity contribution in [2.75, 3.05) is 13.1 Å². The van der Waals surface area contributed by atoms with Crippen LogP contribution < -0.4 is 10.6 Å². The van der Waals surface area contributed by atoms with Crippen LogP contribution in [-0.2, 0) is 11.2 Å². The average Bonchev–Trinajstić information content (AvgIpc) is 2.98. The Bertz CT molecular complexity index is 441. The molecule has 0 saturated heterocycles. The van der Waals surface area contributed by atoms with E-state index in [1.807, 2.05) is 13.8 Å². The number of rotatable bonds is 9. The molecule has 7 nitrogen and oxygen atoms in total. The molecule has 118 valence electrons. The van der Waals surface area contributed by atoms with E-state index in [2.05, 4.69) is 20.6 Å². The molecule has 21 heavy (non-hydrogen) atoms. The third kappa shape index (κ3) is 5.09. The van der Waals surface area contributed by atoms with E-state index >= 15 is 0 Å². The summed E-state index contributed by atoms with van der Waals surface area (Å²) in [4.78, 5) is 30.1. The fourth-order valence-corrected chi connectivity index (χ4v) is 2.08. The molecule has 0 aromatic carbocycles. The van der Waals surface area contributed by atoms with E-state index in [4.69, 9.17) is 0 Å². The molecule has 2 amide bonds. The Labute approximate surface area is 124 Å². The van der Waals surface area contributed by atoms with Gasteiger partial charge in [-0.05, 0) is 19.3 Å². The van der Waals surface area contributed by atoms with E-state index in [-0.39, 0.29) is 12.6 Å². The lowest BCUT2D eigenvalue weighted by Gasteiger charge is -2.26. The van der Waals surface area contributed by atoms with E-state index in [9.17, 15) is 14.7 Å². The molecule has 0 aliphatic carbocycles. The van der Waals surface area contributed by atoms with Gasteiger partial charge < -0.3 is 20.7 Å². The van der Waals surface area contributed by atoms with Gasteiger partial charge in [0.15, 0.2) is 0 Å². The van der Waals surface area contributed by atoms with E-state index in [1.165, 1.54) is 0 Å². The van der Waals surface area contributed by atoms with Crippen LogP contribution in [0, 0.1) is 5.41 Å². The van der Waals surface area contributed by atoms with Gasteiger partial charge in [0, 0.05) is 31.9 Å². The zero-order valence-corrected chi connectivity index (χ0v) is 12.6. The fourth-order valence-electron chi connectivity index (χ4n) is 2.08. The first-order valence-corrected chi connectivity index (χ1v) is 7.27. The van der Waals surface area contributed by atoms with Crippen LogP contribution in [0.15, 0.2) is 12.4 Å². The highest BCUT2D eigenvalue weighted by Crippen LogP contribution is 2.25. The molecular weight excluding hydrogens is 272 g/mol. The SMILES string of the molecule is CCC(CC)(CNC(=O)NCCCc1ncc[nH]1)C(=O)O. The molecule has 0 bridgehead atoms. The van der Waals surface area contributed by atoms with Crippen molar-refractivity contribution in [2.24, 2.45) is 5.41 Å². The first kappa shape index (κ1) is 17.0. The smallest absolute Gasteiger partial charge is 0.314 e. The predicted molar refractivity (Wildman–Crippen MR) is 79.0 cm³/mol. The normalized spacial score (nSPS) is 11.1. The van der Waals surface area contributed by atoms with Crippen molar-refractivity contribution in [1.82, 2.24) is 20.6 Å². The first-order valence-electron chi connectivity index (χ1n) is 7.27. The number of imidazole rings is 1. The number of H-pyrrole nitrogens is 1. The van der Waals surface area contributed by atoms with Gasteiger partial charge in [-0.25, -0.2) is 9.78 Å². The number of aromatic nitrogens is 2. The van der Waals surface area contributed by atoms with Crippen LogP contribution in [0.1, 0.15) is 38.9 Å². The molecule has 0 spiro atoms. The molecule has 0 unspecified atom stereocenters. The number of aryl methyl sites for hydroxylation is 1. The number of hydrogen-bond acceptors (Lipinski definition) is 3. The number of nitrogens with one attached hydrogen (secondary N) is 3. The maximum absolute atomic E-state index is 11.7. The third-order valence-electron chi connectivity index (χ3n) is 3.83. The van der Waals surface area contributed by atoms with Crippen LogP contribution in [0.5, 0.6) is 0 Å². The number of carboxylic acids is 1. The van der Waals surface area contributed by atoms with Crippen LogP contribution in [-0.4, -0.2) is 40.2 Å². The largest absolute Gasteiger partial charge is 0.481 e. The zero-order valence-electron chi connectivity index (χ0n) is 12.6. The molecule has 7 heteroatoms. The minimum absolute atomic E-state index is 0.138. The quantitative estimate of drug-likeness (QED) is 0.518. The van der Waals surface area contributed by atoms with Crippen molar-refractivity contribution in [2.45, 2.75) is 39.5 Å². The van der Waals surface area contributed by atoms with Crippen molar-refractivity contribution in [3.63, 3.8) is 0 Å². The molecule has 1 rings (SSSR count). The molecule has 0 atom stereocenters. The van der Waals surface area contributed by atoms with E-state index in [1.54, 1.807) is 12.4 Å². The summed E-state index contributed by atoms with van der Waals surface area (Å²) in [6.07, 6.45) is 5.95. The molecule has 1 heterocycles. The van der Waals surface area contributed by atoms with Crippen molar-refractivity contribution in [3.8, 4) is 0 Å². The topological polar surface area (TPSA) is 107 Å². The Morgan fingerprint density at radius 3 is 2.57 bits per heavy atom. The summed E-state index contributed by atoms with van der Waals surface area (Å²) in [5.74, 6) is 0.0182. The number of amides is 2. The maximum Gasteiger partial charge on any atom is 0.314 e. The van der Waals surface area contributed by atoms with Crippen molar-refractivity contribution >= 4 is 12.0 Å². The third-order valence-corrected chi connectivity index (χ3v) is 3.83. The highest BCUT2D eigenvalue weighted by molar-refractivity contribution is 5.78. The highest BCUT2D eigenvalue weighted by Gasteiger charge is 2.35. The molecule has 0 aliphatic heterocycles. The Morgan fingerprint density at radius 2 is 2.05 bits per heavy atom. The summed E-state index contributed by atoms with van der Waals surface area (Å²) in [6, 6.07) is -0.332. The minimum Gasteiger partial charge on any atom is -0.481 e. The minimum atomic E-state index is -0.883. The van der Waals surface area contributed by atoms with Gasteiger partial charge in [-0.1, -0.05) is 13.8 Å². The summed E-state index contributed by atoms with van der Waals surface area (Å²) < 4.78 is 0. The van der Waals surface area contributed by atoms with Gasteiger partial charge >= 0.3 is 12.0 Å². The van der Waals surface area contributed by atoms with E-state index < -0.39 is 11.4 Å². The van der Waals surface area contributed by atoms with Crippen molar-refractivity contribution < 1.29 is 14.7 Å². The number of carbonyl (C=O) groups excluding carboxylic acids is 1. The fraction of sp³-hybridized carbons (Fsp3) is 0.643. The zero-order chi connectivity index (χ0) is 15.7. The second-order valence-corrected chi connectivity index (χ2v) is 5.04. The second kappa shape index (κ2) is 8.28. The standard InChI is InChI=1S/C14H24N4O3/c1-3-14(4-2,12(19)20)10-18-13(21)17-7-5-6-11-15-8-9-16-11/h8-9H,3-7,10H2,1-2H3,(H,15,16)(H,19,20)(H2,17,18,21). The highest BCUT2D eigenvalue weighted by atomic mass is 16.4. The lowest BCUT2D eigenvalue weighted by Crippen LogP contribution is -2.46. The lowest BCUT2D eigenvalue weighted by atomic mass is 9.82. The number of urea groups is 1. The molecular formula is C14H24N4O3. The predicted octanol–water partition coefficient (Wildman–Crippen LogP) is 1.53. The van der Waals surface area contributed by atoms with Gasteiger partial charge in [0.25, 0.3) is 0 Å². The Hall–Kier alpha value is -2.05. The van der Waals surface area contributed by atoms with Crippen LogP contribution in [0.3, 0.4) is 0 Å². The summed E-state index contributed by atoms with van der Waals surface area (Å²) >= 11 is 0. The first-order chi connectivity index (χ1) is 10.0. The molecule has 0 saturated carbocycles. The molecule has 0 radical (unpaired) electrons. The monoisotopic (exact) mass is 296 g/mol. The summed E-state index contributed by atoms with van der Waals surface area (Å²) in [6.45, 7) is 4.30. The van der Waals surface area contributed by atoms with Gasteiger partial charge in [0.1, 0.15) is 5.82 Å². The van der Waals surface area contributed by atoms with Crippen LogP contribution in [0.25, 0.3) is 0 Å². The second-order valence-electron chi connectivity index (χ2n) is 5.04. The Balaban J connectivity index is 2.25. The number of nitrogens with zero attached hydrogens (tertiary/aromatic N) is 1. The van der Waals surface area contributed by atoms with Gasteiger partial charge in [0.2, 0.25) is 0 Å². The van der Waals surface area contributed by atoms with Gasteiger partial charge in [-0.2, -0.15) is 0 Å². The number of carbonyl (C=O) groups is 2. The summed E-state index contributed by atoms with van der Waals surface area (Å²) in [5, 5.41) is 14.6. The maximum atomic E-state index is 11.7. The number of aromatic amines is 1. The molecule has 4 N–H and O–H groups in total. The number of carboxylic acid groups (broad SMARTS) is 1. The number of hydrogen-bond donors (Lipinski definition) is 4. The van der Waals surface area contributed by atoms with E-state index in [0.29, 0.717) is 19.4 Å². The molecule has 0 fully saturated rings. The van der Waals surface area contributed by atoms with Gasteiger partial charge in [-0.3, -0.25) is 4.79 Å². The van der Waals surface area contributed by atoms with Gasteiger partial charge in [0.05, 0.1) is 5.41 Å². The Morgan fingerprint density at radius 1 is 1.33 bits per heavy atom. The molecule has 1 aromatic heterocycles. The van der Waals surface area contributed by atoms with Crippen LogP contribution in [0.4, 0.5) is 4.79 Å². The summed E-state index contributed by atoms with van der Waals surface area (Å²) in [7, 11) is 0. The van der Waals surface area contributed by atoms with Gasteiger partial charge in [-0.15, -0.1) is 0 Å². The van der Waals surface area contributed by atoms with Crippen LogP contribution >= 0.6 is 0 Å². The molecule has 0 aliphatic rings. The van der Waals surface area contributed by atoms with E-state index in [0.717, 1.165) is 18.7 Å². The Kier molecular flexibility index (Phi) is 6.71. The summed E-state index contributed by atoms with van der Waals surface area (Å²) in [5.41, 5.74) is -0.883. The van der Waals surface area contributed by atoms with Crippen molar-refractivity contribution in [3.05, 3.63) is 18.2 Å². The van der Waals surface area contributed by atoms with Crippen LogP contribution in [0.2, 0.25) is 0 Å². The van der Waals surface area contributed by atoms with Crippen molar-refractivity contribution in [1.29, 1.82) is 0 Å². The average molecular weight is 296 g/mol. The molecule has 1 aromatic rings.